The zero-order chi connectivity index (χ0) is 15.0. The second-order valence-electron chi connectivity index (χ2n) is 4.87. The molecule has 1 aromatic rings. The number of aromatic hydroxyl groups is 1. The van der Waals surface area contributed by atoms with Crippen LogP contribution in [0.3, 0.4) is 0 Å². The predicted octanol–water partition coefficient (Wildman–Crippen LogP) is 4.56. The highest BCUT2D eigenvalue weighted by Gasteiger charge is 2.57. The summed E-state index contributed by atoms with van der Waals surface area (Å²) in [4.78, 5) is 0. The maximum absolute atomic E-state index is 13.0. The molecule has 0 atom stereocenters. The summed E-state index contributed by atoms with van der Waals surface area (Å²) in [7, 11) is 0. The van der Waals surface area contributed by atoms with Gasteiger partial charge < -0.3 is 5.11 Å². The van der Waals surface area contributed by atoms with Crippen molar-refractivity contribution in [2.24, 2.45) is 0 Å². The molecule has 0 aliphatic carbocycles. The van der Waals surface area contributed by atoms with Gasteiger partial charge in [-0.25, -0.2) is 0 Å². The lowest BCUT2D eigenvalue weighted by atomic mass is 9.93. The van der Waals surface area contributed by atoms with Gasteiger partial charge in [0.25, 0.3) is 0 Å². The second-order valence-corrected chi connectivity index (χ2v) is 4.87. The second kappa shape index (κ2) is 4.98. The van der Waals surface area contributed by atoms with Crippen LogP contribution >= 0.6 is 0 Å². The van der Waals surface area contributed by atoms with Crippen LogP contribution in [0.2, 0.25) is 0 Å². The highest BCUT2D eigenvalue weighted by Crippen LogP contribution is 2.39. The average molecular weight is 282 g/mol. The van der Waals surface area contributed by atoms with Gasteiger partial charge in [0.05, 0.1) is 0 Å². The fourth-order valence-electron chi connectivity index (χ4n) is 1.75. The molecule has 1 aromatic carbocycles. The van der Waals surface area contributed by atoms with Crippen LogP contribution in [0.25, 0.3) is 0 Å². The van der Waals surface area contributed by atoms with Gasteiger partial charge in [0.2, 0.25) is 0 Å². The van der Waals surface area contributed by atoms with Crippen molar-refractivity contribution in [1.82, 2.24) is 0 Å². The molecule has 0 saturated carbocycles. The highest BCUT2D eigenvalue weighted by molar-refractivity contribution is 5.43. The number of hydrogen-bond donors (Lipinski definition) is 1. The van der Waals surface area contributed by atoms with Crippen molar-refractivity contribution in [2.75, 3.05) is 0 Å². The Morgan fingerprint density at radius 3 is 2.05 bits per heavy atom. The van der Waals surface area contributed by atoms with E-state index in [0.29, 0.717) is 5.56 Å². The molecule has 6 heteroatoms. The molecule has 1 N–H and O–H groups in total. The van der Waals surface area contributed by atoms with Crippen LogP contribution in [0.5, 0.6) is 5.75 Å². The standard InChI is InChI=1S/C13H15F5O/c1-7(2)10-5-9(8(3)4-11(10)19)6-12(14,15)13(16,17)18/h4-5,7,19H,6H2,1-3H3. The molecule has 0 saturated heterocycles. The van der Waals surface area contributed by atoms with E-state index in [9.17, 15) is 27.1 Å². The minimum absolute atomic E-state index is 0.0911. The zero-order valence-electron chi connectivity index (χ0n) is 10.8. The van der Waals surface area contributed by atoms with E-state index in [0.717, 1.165) is 0 Å². The summed E-state index contributed by atoms with van der Waals surface area (Å²) in [5.41, 5.74) is 0.466. The van der Waals surface area contributed by atoms with E-state index in [2.05, 4.69) is 0 Å². The lowest BCUT2D eigenvalue weighted by Crippen LogP contribution is -2.38. The van der Waals surface area contributed by atoms with Crippen LogP contribution in [0.1, 0.15) is 36.5 Å². The minimum Gasteiger partial charge on any atom is -0.508 e. The Labute approximate surface area is 108 Å². The summed E-state index contributed by atoms with van der Waals surface area (Å²) in [5, 5.41) is 9.63. The van der Waals surface area contributed by atoms with Gasteiger partial charge in [-0.15, -0.1) is 0 Å². The van der Waals surface area contributed by atoms with Gasteiger partial charge in [0, 0.05) is 6.42 Å². The van der Waals surface area contributed by atoms with E-state index in [-0.39, 0.29) is 22.8 Å². The molecule has 0 aliphatic rings. The number of hydrogen-bond acceptors (Lipinski definition) is 1. The third-order valence-corrected chi connectivity index (χ3v) is 2.93. The van der Waals surface area contributed by atoms with Crippen LogP contribution in [-0.2, 0) is 6.42 Å². The molecular weight excluding hydrogens is 267 g/mol. The van der Waals surface area contributed by atoms with Gasteiger partial charge in [-0.2, -0.15) is 22.0 Å². The molecule has 0 aromatic heterocycles. The molecule has 0 aliphatic heterocycles. The Kier molecular flexibility index (Phi) is 4.12. The Balaban J connectivity index is 3.19. The molecule has 0 radical (unpaired) electrons. The predicted molar refractivity (Wildman–Crippen MR) is 61.6 cm³/mol. The summed E-state index contributed by atoms with van der Waals surface area (Å²) >= 11 is 0. The van der Waals surface area contributed by atoms with Gasteiger partial charge >= 0.3 is 12.1 Å². The number of aryl methyl sites for hydroxylation is 1. The van der Waals surface area contributed by atoms with E-state index < -0.39 is 18.5 Å². The first-order chi connectivity index (χ1) is 8.45. The third-order valence-electron chi connectivity index (χ3n) is 2.93. The van der Waals surface area contributed by atoms with Gasteiger partial charge in [-0.3, -0.25) is 0 Å². The van der Waals surface area contributed by atoms with E-state index in [1.165, 1.54) is 19.1 Å². The van der Waals surface area contributed by atoms with Gasteiger partial charge in [-0.05, 0) is 35.6 Å². The maximum atomic E-state index is 13.0. The maximum Gasteiger partial charge on any atom is 0.453 e. The fraction of sp³-hybridized carbons (Fsp3) is 0.538. The number of phenols is 1. The number of alkyl halides is 5. The van der Waals surface area contributed by atoms with Crippen molar-refractivity contribution in [3.63, 3.8) is 0 Å². The molecular formula is C13H15F5O. The van der Waals surface area contributed by atoms with Crippen molar-refractivity contribution < 1.29 is 27.1 Å². The molecule has 0 spiro atoms. The first-order valence-corrected chi connectivity index (χ1v) is 5.72. The van der Waals surface area contributed by atoms with Crippen molar-refractivity contribution in [1.29, 1.82) is 0 Å². The van der Waals surface area contributed by atoms with Crippen LogP contribution in [-0.4, -0.2) is 17.2 Å². The SMILES string of the molecule is Cc1cc(O)c(C(C)C)cc1CC(F)(F)C(F)(F)F. The molecule has 0 fully saturated rings. The van der Waals surface area contributed by atoms with Crippen molar-refractivity contribution in [3.05, 3.63) is 28.8 Å². The van der Waals surface area contributed by atoms with Gasteiger partial charge in [0.15, 0.2) is 0 Å². The van der Waals surface area contributed by atoms with E-state index in [4.69, 9.17) is 0 Å². The lowest BCUT2D eigenvalue weighted by molar-refractivity contribution is -0.281. The quantitative estimate of drug-likeness (QED) is 0.805. The van der Waals surface area contributed by atoms with Crippen molar-refractivity contribution in [2.45, 2.75) is 45.2 Å². The third kappa shape index (κ3) is 3.36. The van der Waals surface area contributed by atoms with E-state index >= 15 is 0 Å². The molecule has 19 heavy (non-hydrogen) atoms. The first kappa shape index (κ1) is 15.7. The summed E-state index contributed by atoms with van der Waals surface area (Å²) in [6.45, 7) is 4.83. The largest absolute Gasteiger partial charge is 0.508 e. The van der Waals surface area contributed by atoms with Crippen LogP contribution < -0.4 is 0 Å². The first-order valence-electron chi connectivity index (χ1n) is 5.72. The van der Waals surface area contributed by atoms with Crippen molar-refractivity contribution in [3.8, 4) is 5.75 Å². The Hall–Kier alpha value is -1.33. The molecule has 0 bridgehead atoms. The molecule has 108 valence electrons. The minimum atomic E-state index is -5.57. The Morgan fingerprint density at radius 1 is 1.11 bits per heavy atom. The fourth-order valence-corrected chi connectivity index (χ4v) is 1.75. The number of phenolic OH excluding ortho intramolecular Hbond substituents is 1. The lowest BCUT2D eigenvalue weighted by Gasteiger charge is -2.21. The topological polar surface area (TPSA) is 20.2 Å². The summed E-state index contributed by atoms with van der Waals surface area (Å²) in [6.07, 6.45) is -6.99. The van der Waals surface area contributed by atoms with Crippen molar-refractivity contribution >= 4 is 0 Å². The number of halogens is 5. The molecule has 0 heterocycles. The summed E-state index contributed by atoms with van der Waals surface area (Å²) < 4.78 is 62.7. The molecule has 1 rings (SSSR count). The van der Waals surface area contributed by atoms with Gasteiger partial charge in [-0.1, -0.05) is 19.9 Å². The van der Waals surface area contributed by atoms with Gasteiger partial charge in [0.1, 0.15) is 5.75 Å². The van der Waals surface area contributed by atoms with Crippen LogP contribution in [0.4, 0.5) is 22.0 Å². The molecule has 0 amide bonds. The molecule has 0 unspecified atom stereocenters. The zero-order valence-corrected chi connectivity index (χ0v) is 10.8. The number of rotatable bonds is 3. The van der Waals surface area contributed by atoms with E-state index in [1.807, 2.05) is 0 Å². The Bertz CT molecular complexity index is 463. The average Bonchev–Trinajstić information content (AvgIpc) is 2.19. The monoisotopic (exact) mass is 282 g/mol. The summed E-state index contributed by atoms with van der Waals surface area (Å²) in [6, 6.07) is 2.44. The normalized spacial score (nSPS) is 13.1. The smallest absolute Gasteiger partial charge is 0.453 e. The van der Waals surface area contributed by atoms with E-state index in [1.54, 1.807) is 13.8 Å². The summed E-state index contributed by atoms with van der Waals surface area (Å²) in [5.74, 6) is -5.03. The number of benzene rings is 1. The Morgan fingerprint density at radius 2 is 1.63 bits per heavy atom. The molecule has 1 nitrogen and oxygen atoms in total. The highest BCUT2D eigenvalue weighted by atomic mass is 19.4. The van der Waals surface area contributed by atoms with Crippen LogP contribution in [0.15, 0.2) is 12.1 Å². The van der Waals surface area contributed by atoms with Crippen LogP contribution in [0, 0.1) is 6.92 Å².